The van der Waals surface area contributed by atoms with Gasteiger partial charge in [-0.3, -0.25) is 4.98 Å². The lowest BCUT2D eigenvalue weighted by molar-refractivity contribution is 0.980. The molecule has 0 saturated carbocycles. The standard InChI is InChI=1S/C14H15N2/c1-2-8-16-14-5-3-4-13(11-14)12-6-9-15-10-7-12/h3,5-7,9-11,16H,2,8H2,1H3. The Balaban J connectivity index is 2.22. The molecule has 0 aliphatic heterocycles. The number of pyridine rings is 1. The minimum atomic E-state index is 1.000. The first-order valence-electron chi connectivity index (χ1n) is 5.56. The van der Waals surface area contributed by atoms with Gasteiger partial charge in [0.25, 0.3) is 0 Å². The fraction of sp³-hybridized carbons (Fsp3) is 0.214. The molecule has 16 heavy (non-hydrogen) atoms. The molecule has 0 aliphatic rings. The number of anilines is 1. The van der Waals surface area contributed by atoms with Gasteiger partial charge in [-0.2, -0.15) is 0 Å². The third-order valence-corrected chi connectivity index (χ3v) is 2.37. The van der Waals surface area contributed by atoms with E-state index in [1.165, 1.54) is 0 Å². The number of benzene rings is 1. The Morgan fingerprint density at radius 2 is 2.06 bits per heavy atom. The van der Waals surface area contributed by atoms with Crippen LogP contribution >= 0.6 is 0 Å². The van der Waals surface area contributed by atoms with Crippen molar-refractivity contribution >= 4 is 5.69 Å². The van der Waals surface area contributed by atoms with Gasteiger partial charge in [-0.1, -0.05) is 13.0 Å². The average molecular weight is 211 g/mol. The molecule has 2 nitrogen and oxygen atoms in total. The molecule has 2 aromatic rings. The third kappa shape index (κ3) is 2.60. The number of rotatable bonds is 4. The van der Waals surface area contributed by atoms with Gasteiger partial charge in [0, 0.05) is 24.6 Å². The van der Waals surface area contributed by atoms with E-state index in [1.54, 1.807) is 12.4 Å². The molecular weight excluding hydrogens is 196 g/mol. The van der Waals surface area contributed by atoms with Crippen LogP contribution in [0.25, 0.3) is 11.1 Å². The Morgan fingerprint density at radius 1 is 1.25 bits per heavy atom. The number of nitrogens with one attached hydrogen (secondary N) is 1. The second kappa shape index (κ2) is 5.31. The average Bonchev–Trinajstić information content (AvgIpc) is 2.38. The van der Waals surface area contributed by atoms with E-state index in [4.69, 9.17) is 0 Å². The number of hydrogen-bond donors (Lipinski definition) is 1. The molecule has 0 unspecified atom stereocenters. The molecule has 1 aromatic carbocycles. The Hall–Kier alpha value is -1.83. The maximum absolute atomic E-state index is 4.01. The Morgan fingerprint density at radius 3 is 2.81 bits per heavy atom. The van der Waals surface area contributed by atoms with E-state index in [0.717, 1.165) is 29.8 Å². The molecule has 2 rings (SSSR count). The molecule has 0 spiro atoms. The molecule has 0 atom stereocenters. The van der Waals surface area contributed by atoms with Gasteiger partial charge in [-0.25, -0.2) is 0 Å². The highest BCUT2D eigenvalue weighted by atomic mass is 14.9. The highest BCUT2D eigenvalue weighted by Crippen LogP contribution is 2.21. The van der Waals surface area contributed by atoms with Crippen molar-refractivity contribution in [3.05, 3.63) is 48.8 Å². The van der Waals surface area contributed by atoms with Gasteiger partial charge >= 0.3 is 0 Å². The largest absolute Gasteiger partial charge is 0.385 e. The van der Waals surface area contributed by atoms with Crippen molar-refractivity contribution < 1.29 is 0 Å². The molecule has 1 N–H and O–H groups in total. The Labute approximate surface area is 96.4 Å². The van der Waals surface area contributed by atoms with Crippen molar-refractivity contribution in [3.63, 3.8) is 0 Å². The summed E-state index contributed by atoms with van der Waals surface area (Å²) in [6.07, 6.45) is 4.73. The van der Waals surface area contributed by atoms with Crippen LogP contribution in [-0.4, -0.2) is 11.5 Å². The van der Waals surface area contributed by atoms with Gasteiger partial charge in [0.1, 0.15) is 0 Å². The van der Waals surface area contributed by atoms with Gasteiger partial charge in [0.15, 0.2) is 0 Å². The lowest BCUT2D eigenvalue weighted by atomic mass is 10.1. The smallest absolute Gasteiger partial charge is 0.0346 e. The van der Waals surface area contributed by atoms with Crippen LogP contribution in [0.3, 0.4) is 0 Å². The summed E-state index contributed by atoms with van der Waals surface area (Å²) >= 11 is 0. The molecule has 1 aromatic heterocycles. The number of hydrogen-bond acceptors (Lipinski definition) is 2. The number of nitrogens with zero attached hydrogens (tertiary/aromatic N) is 1. The summed E-state index contributed by atoms with van der Waals surface area (Å²) in [6.45, 7) is 3.16. The van der Waals surface area contributed by atoms with E-state index in [2.05, 4.69) is 29.4 Å². The molecule has 81 valence electrons. The van der Waals surface area contributed by atoms with Gasteiger partial charge < -0.3 is 5.32 Å². The van der Waals surface area contributed by atoms with Crippen molar-refractivity contribution in [1.82, 2.24) is 4.98 Å². The number of aromatic nitrogens is 1. The summed E-state index contributed by atoms with van der Waals surface area (Å²) in [6, 6.07) is 13.3. The van der Waals surface area contributed by atoms with E-state index in [0.29, 0.717) is 0 Å². The topological polar surface area (TPSA) is 24.9 Å². The van der Waals surface area contributed by atoms with Crippen LogP contribution < -0.4 is 5.32 Å². The Kier molecular flexibility index (Phi) is 3.54. The van der Waals surface area contributed by atoms with Crippen molar-refractivity contribution in [2.45, 2.75) is 13.3 Å². The van der Waals surface area contributed by atoms with Crippen LogP contribution in [0.15, 0.2) is 42.7 Å². The first kappa shape index (κ1) is 10.7. The van der Waals surface area contributed by atoms with E-state index in [-0.39, 0.29) is 0 Å². The Bertz CT molecular complexity index is 437. The fourth-order valence-electron chi connectivity index (χ4n) is 1.54. The third-order valence-electron chi connectivity index (χ3n) is 2.37. The molecule has 0 bridgehead atoms. The van der Waals surface area contributed by atoms with Crippen molar-refractivity contribution in [3.8, 4) is 11.1 Å². The van der Waals surface area contributed by atoms with Gasteiger partial charge in [-0.15, -0.1) is 0 Å². The second-order valence-electron chi connectivity index (χ2n) is 3.65. The van der Waals surface area contributed by atoms with Crippen LogP contribution in [0, 0.1) is 6.07 Å². The quantitative estimate of drug-likeness (QED) is 0.838. The zero-order valence-electron chi connectivity index (χ0n) is 9.40. The molecule has 0 aliphatic carbocycles. The van der Waals surface area contributed by atoms with Crippen LogP contribution in [-0.2, 0) is 0 Å². The minimum absolute atomic E-state index is 1.000. The summed E-state index contributed by atoms with van der Waals surface area (Å²) < 4.78 is 0. The first-order chi connectivity index (χ1) is 7.90. The van der Waals surface area contributed by atoms with Crippen molar-refractivity contribution in [2.24, 2.45) is 0 Å². The normalized spacial score (nSPS) is 10.1. The van der Waals surface area contributed by atoms with Crippen LogP contribution in [0.4, 0.5) is 5.69 Å². The highest BCUT2D eigenvalue weighted by molar-refractivity contribution is 5.66. The van der Waals surface area contributed by atoms with Crippen LogP contribution in [0.5, 0.6) is 0 Å². The van der Waals surface area contributed by atoms with E-state index in [1.807, 2.05) is 24.3 Å². The first-order valence-corrected chi connectivity index (χ1v) is 5.56. The van der Waals surface area contributed by atoms with Crippen molar-refractivity contribution in [2.75, 3.05) is 11.9 Å². The minimum Gasteiger partial charge on any atom is -0.385 e. The molecule has 0 amide bonds. The molecule has 1 radical (unpaired) electrons. The monoisotopic (exact) mass is 211 g/mol. The molecule has 0 saturated heterocycles. The lowest BCUT2D eigenvalue weighted by Crippen LogP contribution is -1.99. The predicted octanol–water partition coefficient (Wildman–Crippen LogP) is 3.37. The van der Waals surface area contributed by atoms with E-state index < -0.39 is 0 Å². The van der Waals surface area contributed by atoms with Crippen LogP contribution in [0.1, 0.15) is 13.3 Å². The fourth-order valence-corrected chi connectivity index (χ4v) is 1.54. The van der Waals surface area contributed by atoms with E-state index in [9.17, 15) is 0 Å². The SMILES string of the molecule is CCCNc1cc[c]c(-c2ccncc2)c1. The van der Waals surface area contributed by atoms with Crippen molar-refractivity contribution in [1.29, 1.82) is 0 Å². The highest BCUT2D eigenvalue weighted by Gasteiger charge is 1.98. The molecule has 2 heteroatoms. The van der Waals surface area contributed by atoms with Crippen LogP contribution in [0.2, 0.25) is 0 Å². The summed E-state index contributed by atoms with van der Waals surface area (Å²) in [4.78, 5) is 4.01. The second-order valence-corrected chi connectivity index (χ2v) is 3.65. The lowest BCUT2D eigenvalue weighted by Gasteiger charge is -2.06. The zero-order valence-corrected chi connectivity index (χ0v) is 9.40. The molecule has 1 heterocycles. The maximum atomic E-state index is 4.01. The van der Waals surface area contributed by atoms with Gasteiger partial charge in [-0.05, 0) is 47.9 Å². The maximum Gasteiger partial charge on any atom is 0.0346 e. The molecular formula is C14H15N2. The summed E-state index contributed by atoms with van der Waals surface area (Å²) in [5.74, 6) is 0. The molecule has 0 fully saturated rings. The summed E-state index contributed by atoms with van der Waals surface area (Å²) in [7, 11) is 0. The predicted molar refractivity (Wildman–Crippen MR) is 67.3 cm³/mol. The van der Waals surface area contributed by atoms with Gasteiger partial charge in [0.2, 0.25) is 0 Å². The van der Waals surface area contributed by atoms with Gasteiger partial charge in [0.05, 0.1) is 0 Å². The summed E-state index contributed by atoms with van der Waals surface area (Å²) in [5, 5.41) is 3.37. The van der Waals surface area contributed by atoms with E-state index >= 15 is 0 Å². The summed E-state index contributed by atoms with van der Waals surface area (Å²) in [5.41, 5.74) is 3.39. The zero-order chi connectivity index (χ0) is 11.2.